The molecule has 0 aliphatic heterocycles. The highest BCUT2D eigenvalue weighted by Gasteiger charge is 2.13. The second-order valence-corrected chi connectivity index (χ2v) is 5.22. The first-order valence-corrected chi connectivity index (χ1v) is 7.01. The molecule has 0 fully saturated rings. The van der Waals surface area contributed by atoms with Crippen molar-refractivity contribution in [3.05, 3.63) is 34.9 Å². The van der Waals surface area contributed by atoms with Crippen LogP contribution in [0.4, 0.5) is 17.8 Å². The topological polar surface area (TPSA) is 66.0 Å². The van der Waals surface area contributed by atoms with Gasteiger partial charge in [-0.25, -0.2) is 0 Å². The van der Waals surface area contributed by atoms with Gasteiger partial charge >= 0.3 is 0 Å². The molecule has 2 rings (SSSR count). The van der Waals surface area contributed by atoms with E-state index >= 15 is 0 Å². The Balaban J connectivity index is 2.26. The Morgan fingerprint density at radius 3 is 2.38 bits per heavy atom. The average molecular weight is 307 g/mol. The highest BCUT2D eigenvalue weighted by Crippen LogP contribution is 2.25. The van der Waals surface area contributed by atoms with E-state index in [-0.39, 0.29) is 6.04 Å². The SMILES string of the molecule is CNc1nc(NC(C)c2ccccc2Cl)nc(N(C)C)n1. The van der Waals surface area contributed by atoms with Gasteiger partial charge in [-0.1, -0.05) is 29.8 Å². The number of nitrogens with zero attached hydrogens (tertiary/aromatic N) is 4. The molecule has 0 saturated carbocycles. The third kappa shape index (κ3) is 3.72. The van der Waals surface area contributed by atoms with E-state index in [9.17, 15) is 0 Å². The Labute approximate surface area is 129 Å². The lowest BCUT2D eigenvalue weighted by Crippen LogP contribution is -2.17. The van der Waals surface area contributed by atoms with Crippen molar-refractivity contribution in [2.45, 2.75) is 13.0 Å². The molecule has 0 saturated heterocycles. The van der Waals surface area contributed by atoms with Crippen LogP contribution in [0.3, 0.4) is 0 Å². The molecule has 112 valence electrons. The van der Waals surface area contributed by atoms with Crippen molar-refractivity contribution in [1.82, 2.24) is 15.0 Å². The minimum Gasteiger partial charge on any atom is -0.357 e. The highest BCUT2D eigenvalue weighted by molar-refractivity contribution is 6.31. The van der Waals surface area contributed by atoms with Crippen LogP contribution in [0.15, 0.2) is 24.3 Å². The molecule has 7 heteroatoms. The van der Waals surface area contributed by atoms with Gasteiger partial charge in [-0.3, -0.25) is 0 Å². The summed E-state index contributed by atoms with van der Waals surface area (Å²) in [6, 6.07) is 7.70. The van der Waals surface area contributed by atoms with Gasteiger partial charge in [-0.15, -0.1) is 0 Å². The van der Waals surface area contributed by atoms with E-state index in [2.05, 4.69) is 25.6 Å². The maximum Gasteiger partial charge on any atom is 0.231 e. The molecule has 6 nitrogen and oxygen atoms in total. The van der Waals surface area contributed by atoms with Crippen molar-refractivity contribution in [2.75, 3.05) is 36.7 Å². The van der Waals surface area contributed by atoms with Crippen molar-refractivity contribution in [1.29, 1.82) is 0 Å². The quantitative estimate of drug-likeness (QED) is 0.885. The zero-order valence-corrected chi connectivity index (χ0v) is 13.3. The molecule has 21 heavy (non-hydrogen) atoms. The van der Waals surface area contributed by atoms with Crippen molar-refractivity contribution in [3.8, 4) is 0 Å². The molecular formula is C14H19ClN6. The van der Waals surface area contributed by atoms with E-state index in [0.29, 0.717) is 22.9 Å². The zero-order chi connectivity index (χ0) is 15.4. The predicted octanol–water partition coefficient (Wildman–Crippen LogP) is 2.81. The molecule has 1 unspecified atom stereocenters. The lowest BCUT2D eigenvalue weighted by molar-refractivity contribution is 0.848. The van der Waals surface area contributed by atoms with Crippen LogP contribution in [0.5, 0.6) is 0 Å². The van der Waals surface area contributed by atoms with E-state index in [1.165, 1.54) is 0 Å². The van der Waals surface area contributed by atoms with Crippen LogP contribution in [0.1, 0.15) is 18.5 Å². The number of anilines is 3. The molecule has 0 bridgehead atoms. The normalized spacial score (nSPS) is 11.9. The van der Waals surface area contributed by atoms with Crippen molar-refractivity contribution in [2.24, 2.45) is 0 Å². The maximum atomic E-state index is 6.21. The monoisotopic (exact) mass is 306 g/mol. The Morgan fingerprint density at radius 1 is 1.10 bits per heavy atom. The van der Waals surface area contributed by atoms with Gasteiger partial charge in [0, 0.05) is 26.2 Å². The van der Waals surface area contributed by atoms with Gasteiger partial charge in [0.2, 0.25) is 17.8 Å². The molecule has 0 aliphatic carbocycles. The van der Waals surface area contributed by atoms with E-state index in [0.717, 1.165) is 5.56 Å². The molecule has 1 aromatic heterocycles. The first-order chi connectivity index (χ1) is 10.0. The smallest absolute Gasteiger partial charge is 0.231 e. The van der Waals surface area contributed by atoms with Crippen LogP contribution in [-0.2, 0) is 0 Å². The van der Waals surface area contributed by atoms with Crippen molar-refractivity contribution < 1.29 is 0 Å². The molecule has 0 spiro atoms. The lowest BCUT2D eigenvalue weighted by Gasteiger charge is -2.17. The van der Waals surface area contributed by atoms with Gasteiger partial charge in [0.1, 0.15) is 0 Å². The number of benzene rings is 1. The first kappa shape index (κ1) is 15.3. The largest absolute Gasteiger partial charge is 0.357 e. The fourth-order valence-electron chi connectivity index (χ4n) is 1.84. The summed E-state index contributed by atoms with van der Waals surface area (Å²) >= 11 is 6.21. The standard InChI is InChI=1S/C14H19ClN6/c1-9(10-7-5-6-8-11(10)15)17-13-18-12(16-2)19-14(20-13)21(3)4/h5-9H,1-4H3,(H2,16,17,18,19,20). The van der Waals surface area contributed by atoms with Crippen molar-refractivity contribution in [3.63, 3.8) is 0 Å². The van der Waals surface area contributed by atoms with Gasteiger partial charge in [0.05, 0.1) is 6.04 Å². The van der Waals surface area contributed by atoms with Crippen LogP contribution in [0.25, 0.3) is 0 Å². The zero-order valence-electron chi connectivity index (χ0n) is 12.6. The number of halogens is 1. The summed E-state index contributed by atoms with van der Waals surface area (Å²) in [5.41, 5.74) is 0.997. The van der Waals surface area contributed by atoms with Gasteiger partial charge in [-0.2, -0.15) is 15.0 Å². The summed E-state index contributed by atoms with van der Waals surface area (Å²) in [6.07, 6.45) is 0. The van der Waals surface area contributed by atoms with E-state index in [1.54, 1.807) is 7.05 Å². The molecular weight excluding hydrogens is 288 g/mol. The minimum atomic E-state index is -0.0131. The van der Waals surface area contributed by atoms with E-state index in [1.807, 2.05) is 50.2 Å². The second kappa shape index (κ2) is 6.58. The van der Waals surface area contributed by atoms with Gasteiger partial charge in [0.15, 0.2) is 0 Å². The molecule has 0 amide bonds. The number of hydrogen-bond acceptors (Lipinski definition) is 6. The summed E-state index contributed by atoms with van der Waals surface area (Å²) in [7, 11) is 5.54. The Kier molecular flexibility index (Phi) is 4.80. The number of hydrogen-bond donors (Lipinski definition) is 2. The molecule has 2 aromatic rings. The predicted molar refractivity (Wildman–Crippen MR) is 87.2 cm³/mol. The van der Waals surface area contributed by atoms with E-state index in [4.69, 9.17) is 11.6 Å². The Morgan fingerprint density at radius 2 is 1.76 bits per heavy atom. The maximum absolute atomic E-state index is 6.21. The highest BCUT2D eigenvalue weighted by atomic mass is 35.5. The minimum absolute atomic E-state index is 0.0131. The van der Waals surface area contributed by atoms with Gasteiger partial charge in [0.25, 0.3) is 0 Å². The summed E-state index contributed by atoms with van der Waals surface area (Å²) in [6.45, 7) is 2.01. The molecule has 2 N–H and O–H groups in total. The fraction of sp³-hybridized carbons (Fsp3) is 0.357. The van der Waals surface area contributed by atoms with Crippen LogP contribution >= 0.6 is 11.6 Å². The van der Waals surface area contributed by atoms with Gasteiger partial charge in [-0.05, 0) is 18.6 Å². The first-order valence-electron chi connectivity index (χ1n) is 6.63. The number of aromatic nitrogens is 3. The fourth-order valence-corrected chi connectivity index (χ4v) is 2.14. The van der Waals surface area contributed by atoms with Crippen LogP contribution < -0.4 is 15.5 Å². The molecule has 1 heterocycles. The molecule has 0 aliphatic rings. The second-order valence-electron chi connectivity index (χ2n) is 4.81. The number of nitrogens with one attached hydrogen (secondary N) is 2. The number of rotatable bonds is 5. The summed E-state index contributed by atoms with van der Waals surface area (Å²) in [5.74, 6) is 1.61. The molecule has 1 aromatic carbocycles. The molecule has 0 radical (unpaired) electrons. The molecule has 1 atom stereocenters. The Hall–Kier alpha value is -2.08. The summed E-state index contributed by atoms with van der Waals surface area (Å²) in [5, 5.41) is 6.90. The van der Waals surface area contributed by atoms with Gasteiger partial charge < -0.3 is 15.5 Å². The summed E-state index contributed by atoms with van der Waals surface area (Å²) in [4.78, 5) is 14.8. The van der Waals surface area contributed by atoms with E-state index < -0.39 is 0 Å². The van der Waals surface area contributed by atoms with Crippen molar-refractivity contribution >= 4 is 29.4 Å². The van der Waals surface area contributed by atoms with Crippen LogP contribution in [-0.4, -0.2) is 36.1 Å². The summed E-state index contributed by atoms with van der Waals surface area (Å²) < 4.78 is 0. The van der Waals surface area contributed by atoms with Crippen LogP contribution in [0, 0.1) is 0 Å². The van der Waals surface area contributed by atoms with Crippen LogP contribution in [0.2, 0.25) is 5.02 Å². The lowest BCUT2D eigenvalue weighted by atomic mass is 10.1. The Bertz CT molecular complexity index is 616. The third-order valence-corrected chi connectivity index (χ3v) is 3.31. The average Bonchev–Trinajstić information content (AvgIpc) is 2.47. The third-order valence-electron chi connectivity index (χ3n) is 2.96.